The van der Waals surface area contributed by atoms with Gasteiger partial charge in [-0.3, -0.25) is 4.79 Å². The van der Waals surface area contributed by atoms with E-state index >= 15 is 0 Å². The Balaban J connectivity index is 1.41. The molecule has 1 fully saturated rings. The summed E-state index contributed by atoms with van der Waals surface area (Å²) in [5.41, 5.74) is 2.40. The van der Waals surface area contributed by atoms with Gasteiger partial charge in [0.1, 0.15) is 24.0 Å². The number of amides is 2. The second-order valence-corrected chi connectivity index (χ2v) is 9.10. The number of hydrogen-bond acceptors (Lipinski definition) is 5. The van der Waals surface area contributed by atoms with E-state index < -0.39 is 23.9 Å². The number of halogens is 1. The zero-order valence-corrected chi connectivity index (χ0v) is 20.4. The van der Waals surface area contributed by atoms with E-state index in [-0.39, 0.29) is 25.1 Å². The lowest BCUT2D eigenvalue weighted by molar-refractivity contribution is -0.123. The maximum absolute atomic E-state index is 14.0. The molecule has 0 unspecified atom stereocenters. The van der Waals surface area contributed by atoms with E-state index in [1.165, 1.54) is 6.07 Å². The van der Waals surface area contributed by atoms with Gasteiger partial charge in [-0.05, 0) is 43.9 Å². The number of likely N-dealkylation sites (tertiary alicyclic amines) is 1. The van der Waals surface area contributed by atoms with Crippen molar-refractivity contribution in [2.45, 2.75) is 57.8 Å². The summed E-state index contributed by atoms with van der Waals surface area (Å²) in [7, 11) is 0. The molecular formula is C27H32FN5O3. The van der Waals surface area contributed by atoms with E-state index in [4.69, 9.17) is 4.74 Å². The number of rotatable bonds is 9. The molecule has 2 aromatic carbocycles. The fourth-order valence-corrected chi connectivity index (χ4v) is 4.46. The third-order valence-corrected chi connectivity index (χ3v) is 6.41. The van der Waals surface area contributed by atoms with Gasteiger partial charge in [0.25, 0.3) is 0 Å². The molecule has 2 heterocycles. The minimum absolute atomic E-state index is 0.0524. The zero-order valence-electron chi connectivity index (χ0n) is 20.4. The number of piperidine rings is 1. The number of carbonyl (C=O) groups is 2. The third-order valence-electron chi connectivity index (χ3n) is 6.41. The van der Waals surface area contributed by atoms with Crippen molar-refractivity contribution in [1.29, 1.82) is 0 Å². The average Bonchev–Trinajstić information content (AvgIpc) is 3.31. The van der Waals surface area contributed by atoms with Crippen molar-refractivity contribution < 1.29 is 18.7 Å². The van der Waals surface area contributed by atoms with E-state index in [1.807, 2.05) is 30.3 Å². The summed E-state index contributed by atoms with van der Waals surface area (Å²) in [6, 6.07) is 13.4. The fourth-order valence-electron chi connectivity index (χ4n) is 4.46. The Bertz CT molecular complexity index is 1210. The van der Waals surface area contributed by atoms with Gasteiger partial charge in [-0.15, -0.1) is 0 Å². The van der Waals surface area contributed by atoms with Gasteiger partial charge in [-0.1, -0.05) is 43.0 Å². The van der Waals surface area contributed by atoms with Crippen LogP contribution in [0.3, 0.4) is 0 Å². The van der Waals surface area contributed by atoms with Crippen molar-refractivity contribution in [3.63, 3.8) is 0 Å². The molecule has 36 heavy (non-hydrogen) atoms. The first-order valence-corrected chi connectivity index (χ1v) is 12.2. The summed E-state index contributed by atoms with van der Waals surface area (Å²) >= 11 is 0. The van der Waals surface area contributed by atoms with Gasteiger partial charge in [0.2, 0.25) is 5.91 Å². The third kappa shape index (κ3) is 6.41. The molecule has 2 amide bonds. The molecule has 0 aliphatic carbocycles. The van der Waals surface area contributed by atoms with Gasteiger partial charge in [0.15, 0.2) is 5.82 Å². The van der Waals surface area contributed by atoms with E-state index in [1.54, 1.807) is 12.1 Å². The van der Waals surface area contributed by atoms with Gasteiger partial charge >= 0.3 is 6.09 Å². The number of aromatic nitrogens is 2. The average molecular weight is 494 g/mol. The Morgan fingerprint density at radius 2 is 2.03 bits per heavy atom. The van der Waals surface area contributed by atoms with Crippen LogP contribution in [-0.4, -0.2) is 45.5 Å². The van der Waals surface area contributed by atoms with Gasteiger partial charge in [0, 0.05) is 24.7 Å². The Kier molecular flexibility index (Phi) is 8.20. The topological polar surface area (TPSA) is 99.3 Å². The van der Waals surface area contributed by atoms with Crippen LogP contribution in [0.4, 0.5) is 9.18 Å². The van der Waals surface area contributed by atoms with Crippen molar-refractivity contribution in [1.82, 2.24) is 25.5 Å². The maximum Gasteiger partial charge on any atom is 0.408 e. The molecule has 1 aromatic heterocycles. The lowest BCUT2D eigenvalue weighted by atomic mass is 10.0. The first-order chi connectivity index (χ1) is 17.4. The summed E-state index contributed by atoms with van der Waals surface area (Å²) in [5, 5.41) is 5.49. The van der Waals surface area contributed by atoms with Gasteiger partial charge in [0.05, 0.1) is 12.1 Å². The van der Waals surface area contributed by atoms with Crippen LogP contribution >= 0.6 is 0 Å². The smallest absolute Gasteiger partial charge is 0.408 e. The second-order valence-electron chi connectivity index (χ2n) is 9.10. The number of alkyl carbamates (subject to hydrolysis) is 1. The lowest BCUT2D eigenvalue weighted by Crippen LogP contribution is -2.48. The maximum atomic E-state index is 14.0. The summed E-state index contributed by atoms with van der Waals surface area (Å²) in [6.45, 7) is 7.36. The van der Waals surface area contributed by atoms with Crippen molar-refractivity contribution >= 4 is 23.0 Å². The Hall–Kier alpha value is -3.88. The van der Waals surface area contributed by atoms with Crippen LogP contribution in [0.1, 0.15) is 44.0 Å². The SMILES string of the molecule is C=C(C[C@H](NC(=O)OCc1ccccc1)C(=O)NCc1nc2c(F)cccc2[nH]1)N1CCCC[C@@H]1C. The number of para-hydroxylation sites is 1. The highest BCUT2D eigenvalue weighted by Gasteiger charge is 2.27. The van der Waals surface area contributed by atoms with Crippen molar-refractivity contribution in [3.8, 4) is 0 Å². The number of nitrogens with one attached hydrogen (secondary N) is 3. The van der Waals surface area contributed by atoms with Gasteiger partial charge in [-0.2, -0.15) is 0 Å². The monoisotopic (exact) mass is 493 g/mol. The number of fused-ring (bicyclic) bond motifs is 1. The minimum Gasteiger partial charge on any atom is -0.445 e. The first-order valence-electron chi connectivity index (χ1n) is 12.2. The predicted molar refractivity (Wildman–Crippen MR) is 135 cm³/mol. The Labute approximate surface area is 209 Å². The fraction of sp³-hybridized carbons (Fsp3) is 0.370. The number of carbonyl (C=O) groups excluding carboxylic acids is 2. The molecular weight excluding hydrogens is 461 g/mol. The standard InChI is InChI=1S/C27H32FN5O3/c1-18-9-6-7-14-33(18)19(2)15-23(31-27(35)36-17-20-10-4-3-5-11-20)26(34)29-16-24-30-22-13-8-12-21(28)25(22)32-24/h3-5,8,10-13,18,23H,2,6-7,9,14-17H2,1H3,(H,29,34)(H,30,32)(H,31,35)/t18-,23-/m0/s1. The summed E-state index contributed by atoms with van der Waals surface area (Å²) < 4.78 is 19.3. The van der Waals surface area contributed by atoms with Crippen LogP contribution < -0.4 is 10.6 Å². The molecule has 0 bridgehead atoms. The molecule has 4 rings (SSSR count). The molecule has 9 heteroatoms. The Morgan fingerprint density at radius 3 is 2.78 bits per heavy atom. The van der Waals surface area contributed by atoms with Crippen LogP contribution in [-0.2, 0) is 22.7 Å². The van der Waals surface area contributed by atoms with E-state index in [2.05, 4.69) is 39.0 Å². The largest absolute Gasteiger partial charge is 0.445 e. The van der Waals surface area contributed by atoms with E-state index in [0.29, 0.717) is 17.4 Å². The van der Waals surface area contributed by atoms with Crippen molar-refractivity contribution in [2.75, 3.05) is 6.54 Å². The normalized spacial score (nSPS) is 16.4. The minimum atomic E-state index is -0.893. The number of benzene rings is 2. The number of aromatic amines is 1. The van der Waals surface area contributed by atoms with Gasteiger partial charge in [-0.25, -0.2) is 14.2 Å². The van der Waals surface area contributed by atoms with Crippen molar-refractivity contribution in [3.05, 3.63) is 78.0 Å². The van der Waals surface area contributed by atoms with Crippen LogP contribution in [0, 0.1) is 5.82 Å². The van der Waals surface area contributed by atoms with E-state index in [9.17, 15) is 14.0 Å². The first kappa shape index (κ1) is 25.2. The molecule has 0 radical (unpaired) electrons. The highest BCUT2D eigenvalue weighted by Crippen LogP contribution is 2.23. The molecule has 2 atom stereocenters. The van der Waals surface area contributed by atoms with Crippen LogP contribution in [0.15, 0.2) is 60.8 Å². The number of ether oxygens (including phenoxy) is 1. The number of nitrogens with zero attached hydrogens (tertiary/aromatic N) is 2. The molecule has 3 aromatic rings. The highest BCUT2D eigenvalue weighted by atomic mass is 19.1. The van der Waals surface area contributed by atoms with Crippen LogP contribution in [0.2, 0.25) is 0 Å². The number of hydrogen-bond donors (Lipinski definition) is 3. The van der Waals surface area contributed by atoms with E-state index in [0.717, 1.165) is 37.1 Å². The molecule has 1 aliphatic heterocycles. The quantitative estimate of drug-likeness (QED) is 0.411. The number of H-pyrrole nitrogens is 1. The van der Waals surface area contributed by atoms with Crippen LogP contribution in [0.25, 0.3) is 11.0 Å². The zero-order chi connectivity index (χ0) is 25.5. The molecule has 0 spiro atoms. The van der Waals surface area contributed by atoms with Crippen LogP contribution in [0.5, 0.6) is 0 Å². The Morgan fingerprint density at radius 1 is 1.22 bits per heavy atom. The molecule has 1 saturated heterocycles. The summed E-state index contributed by atoms with van der Waals surface area (Å²) in [5.74, 6) is -0.426. The molecule has 190 valence electrons. The lowest BCUT2D eigenvalue weighted by Gasteiger charge is -2.37. The molecule has 0 saturated carbocycles. The summed E-state index contributed by atoms with van der Waals surface area (Å²) in [4.78, 5) is 35.1. The highest BCUT2D eigenvalue weighted by molar-refractivity contribution is 5.86. The molecule has 3 N–H and O–H groups in total. The molecule has 8 nitrogen and oxygen atoms in total. The van der Waals surface area contributed by atoms with Crippen molar-refractivity contribution in [2.24, 2.45) is 0 Å². The second kappa shape index (κ2) is 11.7. The predicted octanol–water partition coefficient (Wildman–Crippen LogP) is 4.39. The number of imidazole rings is 1. The van der Waals surface area contributed by atoms with Gasteiger partial charge < -0.3 is 25.3 Å². The summed E-state index contributed by atoms with van der Waals surface area (Å²) in [6.07, 6.45) is 2.84. The molecule has 1 aliphatic rings.